The number of aryl methyl sites for hydroxylation is 1. The molecule has 0 spiro atoms. The summed E-state index contributed by atoms with van der Waals surface area (Å²) in [6.07, 6.45) is -0.916. The van der Waals surface area contributed by atoms with Crippen molar-refractivity contribution >= 4 is 10.0 Å². The van der Waals surface area contributed by atoms with E-state index in [2.05, 4.69) is 0 Å². The molecule has 0 fully saturated rings. The zero-order chi connectivity index (χ0) is 18.7. The van der Waals surface area contributed by atoms with Gasteiger partial charge in [-0.05, 0) is 29.7 Å². The highest BCUT2D eigenvalue weighted by atomic mass is 32.2. The molecule has 0 saturated heterocycles. The average molecular weight is 367 g/mol. The standard InChI is InChI=1S/C21H21NO3S/c1-15-12-13-19(26(22,24)25)18(14-15)20(16-8-4-2-5-9-16)21(23)17-10-6-3-7-11-17/h2-14,20-21,23H,1H3,(H2,22,24,25)/t20-,21-/m1/s1. The molecule has 5 heteroatoms. The van der Waals surface area contributed by atoms with E-state index >= 15 is 0 Å². The molecule has 3 N–H and O–H groups in total. The normalized spacial score (nSPS) is 14.0. The van der Waals surface area contributed by atoms with Gasteiger partial charge in [-0.25, -0.2) is 13.6 Å². The molecule has 0 unspecified atom stereocenters. The predicted octanol–water partition coefficient (Wildman–Crippen LogP) is 3.51. The number of rotatable bonds is 5. The average Bonchev–Trinajstić information content (AvgIpc) is 2.62. The fourth-order valence-corrected chi connectivity index (χ4v) is 3.98. The summed E-state index contributed by atoms with van der Waals surface area (Å²) < 4.78 is 24.3. The molecule has 0 bridgehead atoms. The Balaban J connectivity index is 2.25. The van der Waals surface area contributed by atoms with Crippen LogP contribution in [-0.2, 0) is 10.0 Å². The fraction of sp³-hybridized carbons (Fsp3) is 0.143. The SMILES string of the molecule is Cc1ccc(S(N)(=O)=O)c([C@@H](c2ccccc2)[C@H](O)c2ccccc2)c1. The Bertz CT molecular complexity index is 986. The van der Waals surface area contributed by atoms with Crippen molar-refractivity contribution in [2.45, 2.75) is 23.8 Å². The molecule has 0 radical (unpaired) electrons. The van der Waals surface area contributed by atoms with Gasteiger partial charge in [-0.1, -0.05) is 78.4 Å². The Morgan fingerprint density at radius 1 is 0.846 bits per heavy atom. The largest absolute Gasteiger partial charge is 0.387 e. The highest BCUT2D eigenvalue weighted by molar-refractivity contribution is 7.89. The summed E-state index contributed by atoms with van der Waals surface area (Å²) in [6, 6.07) is 23.6. The van der Waals surface area contributed by atoms with E-state index in [0.29, 0.717) is 11.1 Å². The van der Waals surface area contributed by atoms with Crippen molar-refractivity contribution in [1.82, 2.24) is 0 Å². The van der Waals surface area contributed by atoms with Crippen LogP contribution in [0.3, 0.4) is 0 Å². The molecule has 0 amide bonds. The predicted molar refractivity (Wildman–Crippen MR) is 102 cm³/mol. The molecule has 0 aliphatic heterocycles. The van der Waals surface area contributed by atoms with E-state index in [1.165, 1.54) is 6.07 Å². The van der Waals surface area contributed by atoms with Gasteiger partial charge in [-0.15, -0.1) is 0 Å². The van der Waals surface area contributed by atoms with Crippen LogP contribution >= 0.6 is 0 Å². The number of sulfonamides is 1. The number of hydrogen-bond donors (Lipinski definition) is 2. The van der Waals surface area contributed by atoms with Gasteiger partial charge in [0.2, 0.25) is 10.0 Å². The molecule has 0 heterocycles. The van der Waals surface area contributed by atoms with Gasteiger partial charge >= 0.3 is 0 Å². The summed E-state index contributed by atoms with van der Waals surface area (Å²) in [5, 5.41) is 16.6. The first-order valence-electron chi connectivity index (χ1n) is 8.29. The van der Waals surface area contributed by atoms with Crippen LogP contribution in [0.5, 0.6) is 0 Å². The Kier molecular flexibility index (Phi) is 5.23. The summed E-state index contributed by atoms with van der Waals surface area (Å²) in [7, 11) is -3.93. The maximum absolute atomic E-state index is 12.2. The van der Waals surface area contributed by atoms with Crippen molar-refractivity contribution in [2.75, 3.05) is 0 Å². The van der Waals surface area contributed by atoms with Crippen LogP contribution in [0.25, 0.3) is 0 Å². The first-order chi connectivity index (χ1) is 12.4. The van der Waals surface area contributed by atoms with Crippen molar-refractivity contribution in [2.24, 2.45) is 5.14 Å². The van der Waals surface area contributed by atoms with Crippen LogP contribution in [0.2, 0.25) is 0 Å². The number of benzene rings is 3. The third-order valence-corrected chi connectivity index (χ3v) is 5.41. The van der Waals surface area contributed by atoms with Gasteiger partial charge in [0.25, 0.3) is 0 Å². The summed E-state index contributed by atoms with van der Waals surface area (Å²) in [6.45, 7) is 1.88. The van der Waals surface area contributed by atoms with Crippen molar-refractivity contribution in [3.8, 4) is 0 Å². The van der Waals surface area contributed by atoms with Crippen molar-refractivity contribution in [3.63, 3.8) is 0 Å². The summed E-state index contributed by atoms with van der Waals surface area (Å²) in [4.78, 5) is 0.0342. The highest BCUT2D eigenvalue weighted by Gasteiger charge is 2.29. The first-order valence-corrected chi connectivity index (χ1v) is 9.84. The third kappa shape index (κ3) is 3.85. The van der Waals surface area contributed by atoms with Gasteiger partial charge in [-0.2, -0.15) is 0 Å². The second kappa shape index (κ2) is 7.41. The lowest BCUT2D eigenvalue weighted by atomic mass is 9.83. The lowest BCUT2D eigenvalue weighted by Gasteiger charge is -2.26. The Labute approximate surface area is 154 Å². The van der Waals surface area contributed by atoms with Crippen molar-refractivity contribution < 1.29 is 13.5 Å². The van der Waals surface area contributed by atoms with Crippen LogP contribution in [0.15, 0.2) is 83.8 Å². The highest BCUT2D eigenvalue weighted by Crippen LogP contribution is 2.39. The summed E-state index contributed by atoms with van der Waals surface area (Å²) in [5.41, 5.74) is 2.92. The molecule has 0 aliphatic carbocycles. The molecule has 26 heavy (non-hydrogen) atoms. The Morgan fingerprint density at radius 3 is 1.92 bits per heavy atom. The molecule has 0 saturated carbocycles. The maximum atomic E-state index is 12.2. The molecule has 4 nitrogen and oxygen atoms in total. The number of hydrogen-bond acceptors (Lipinski definition) is 3. The topological polar surface area (TPSA) is 80.4 Å². The monoisotopic (exact) mass is 367 g/mol. The first kappa shape index (κ1) is 18.3. The van der Waals surface area contributed by atoms with E-state index < -0.39 is 22.0 Å². The van der Waals surface area contributed by atoms with E-state index in [1.54, 1.807) is 12.1 Å². The van der Waals surface area contributed by atoms with Crippen molar-refractivity contribution in [3.05, 3.63) is 101 Å². The second-order valence-corrected chi connectivity index (χ2v) is 7.86. The van der Waals surface area contributed by atoms with Crippen molar-refractivity contribution in [1.29, 1.82) is 0 Å². The van der Waals surface area contributed by atoms with Gasteiger partial charge in [-0.3, -0.25) is 0 Å². The minimum Gasteiger partial charge on any atom is -0.387 e. The number of nitrogens with two attached hydrogens (primary N) is 1. The number of aliphatic hydroxyl groups is 1. The maximum Gasteiger partial charge on any atom is 0.238 e. The molecule has 3 aromatic rings. The van der Waals surface area contributed by atoms with E-state index in [0.717, 1.165) is 11.1 Å². The van der Waals surface area contributed by atoms with E-state index in [1.807, 2.05) is 67.6 Å². The Hall–Kier alpha value is -2.47. The number of aliphatic hydroxyl groups excluding tert-OH is 1. The smallest absolute Gasteiger partial charge is 0.238 e. The van der Waals surface area contributed by atoms with Gasteiger partial charge in [0.05, 0.1) is 11.0 Å². The zero-order valence-corrected chi connectivity index (χ0v) is 15.2. The molecule has 3 rings (SSSR count). The quantitative estimate of drug-likeness (QED) is 0.724. The van der Waals surface area contributed by atoms with Crippen LogP contribution < -0.4 is 5.14 Å². The van der Waals surface area contributed by atoms with E-state index in [-0.39, 0.29) is 4.90 Å². The summed E-state index contributed by atoms with van der Waals surface area (Å²) >= 11 is 0. The fourth-order valence-electron chi connectivity index (χ4n) is 3.21. The van der Waals surface area contributed by atoms with Crippen LogP contribution in [0.4, 0.5) is 0 Å². The van der Waals surface area contributed by atoms with E-state index in [9.17, 15) is 13.5 Å². The molecule has 134 valence electrons. The summed E-state index contributed by atoms with van der Waals surface area (Å²) in [5.74, 6) is -0.563. The Morgan fingerprint density at radius 2 is 1.38 bits per heavy atom. The van der Waals surface area contributed by atoms with E-state index in [4.69, 9.17) is 5.14 Å². The lowest BCUT2D eigenvalue weighted by molar-refractivity contribution is 0.158. The van der Waals surface area contributed by atoms with Crippen LogP contribution in [0.1, 0.15) is 34.3 Å². The molecule has 0 aliphatic rings. The third-order valence-electron chi connectivity index (χ3n) is 4.42. The lowest BCUT2D eigenvalue weighted by Crippen LogP contribution is -2.20. The van der Waals surface area contributed by atoms with Crippen LogP contribution in [0, 0.1) is 6.92 Å². The minimum atomic E-state index is -3.93. The van der Waals surface area contributed by atoms with Gasteiger partial charge in [0.1, 0.15) is 0 Å². The molecular weight excluding hydrogens is 346 g/mol. The molecular formula is C21H21NO3S. The molecule has 2 atom stereocenters. The molecule has 3 aromatic carbocycles. The molecule has 0 aromatic heterocycles. The number of primary sulfonamides is 1. The zero-order valence-electron chi connectivity index (χ0n) is 14.4. The van der Waals surface area contributed by atoms with Gasteiger partial charge in [0, 0.05) is 5.92 Å². The van der Waals surface area contributed by atoms with Gasteiger partial charge in [0.15, 0.2) is 0 Å². The van der Waals surface area contributed by atoms with Crippen LogP contribution in [-0.4, -0.2) is 13.5 Å². The second-order valence-electron chi connectivity index (χ2n) is 6.33. The minimum absolute atomic E-state index is 0.0342. The van der Waals surface area contributed by atoms with Gasteiger partial charge < -0.3 is 5.11 Å².